The van der Waals surface area contributed by atoms with Crippen LogP contribution in [0, 0.1) is 6.92 Å². The number of carboxylic acids is 1. The van der Waals surface area contributed by atoms with Crippen LogP contribution >= 0.6 is 11.8 Å². The molecule has 0 saturated heterocycles. The molecule has 1 N–H and O–H groups in total. The average molecular weight is 198 g/mol. The number of rotatable bonds is 3. The second kappa shape index (κ2) is 4.23. The highest BCUT2D eigenvalue weighted by Crippen LogP contribution is 2.13. The fourth-order valence-corrected chi connectivity index (χ4v) is 1.47. The first-order valence-corrected chi connectivity index (χ1v) is 4.84. The predicted molar refractivity (Wildman–Crippen MR) is 50.1 cm³/mol. The standard InChI is InChI=1S/C8H10N2O2S/c1-3-13-8-9-5(2)4-6(10-8)7(11)12/h4H,3H2,1-2H3,(H,11,12). The van der Waals surface area contributed by atoms with E-state index < -0.39 is 5.97 Å². The topological polar surface area (TPSA) is 63.1 Å². The predicted octanol–water partition coefficient (Wildman–Crippen LogP) is 1.60. The Bertz CT molecular complexity index is 328. The van der Waals surface area contributed by atoms with Crippen molar-refractivity contribution in [3.05, 3.63) is 17.5 Å². The minimum absolute atomic E-state index is 0.0588. The van der Waals surface area contributed by atoms with E-state index in [4.69, 9.17) is 5.11 Å². The van der Waals surface area contributed by atoms with Crippen molar-refractivity contribution in [3.63, 3.8) is 0 Å². The third-order valence-electron chi connectivity index (χ3n) is 1.33. The van der Waals surface area contributed by atoms with Gasteiger partial charge in [-0.2, -0.15) is 0 Å². The van der Waals surface area contributed by atoms with Gasteiger partial charge in [-0.05, 0) is 18.7 Å². The van der Waals surface area contributed by atoms with Gasteiger partial charge in [-0.25, -0.2) is 14.8 Å². The average Bonchev–Trinajstić information content (AvgIpc) is 2.03. The Morgan fingerprint density at radius 3 is 2.85 bits per heavy atom. The summed E-state index contributed by atoms with van der Waals surface area (Å²) in [6.45, 7) is 3.73. The molecule has 0 aliphatic heterocycles. The Labute approximate surface area is 80.4 Å². The molecular formula is C8H10N2O2S. The Kier molecular flexibility index (Phi) is 3.25. The van der Waals surface area contributed by atoms with Gasteiger partial charge >= 0.3 is 5.97 Å². The minimum atomic E-state index is -1.01. The highest BCUT2D eigenvalue weighted by atomic mass is 32.2. The maximum atomic E-state index is 10.6. The van der Waals surface area contributed by atoms with Crippen LogP contribution in [0.4, 0.5) is 0 Å². The first-order chi connectivity index (χ1) is 6.13. The van der Waals surface area contributed by atoms with Crippen LogP contribution in [0.3, 0.4) is 0 Å². The third kappa shape index (κ3) is 2.69. The second-order valence-electron chi connectivity index (χ2n) is 2.42. The number of aromatic carboxylic acids is 1. The van der Waals surface area contributed by atoms with Crippen molar-refractivity contribution < 1.29 is 9.90 Å². The summed E-state index contributed by atoms with van der Waals surface area (Å²) >= 11 is 1.44. The van der Waals surface area contributed by atoms with E-state index in [1.54, 1.807) is 6.92 Å². The van der Waals surface area contributed by atoms with Crippen LogP contribution in [0.15, 0.2) is 11.2 Å². The smallest absolute Gasteiger partial charge is 0.354 e. The first-order valence-electron chi connectivity index (χ1n) is 3.85. The molecule has 1 heterocycles. The third-order valence-corrected chi connectivity index (χ3v) is 2.06. The van der Waals surface area contributed by atoms with Gasteiger partial charge in [-0.1, -0.05) is 18.7 Å². The van der Waals surface area contributed by atoms with Crippen LogP contribution < -0.4 is 0 Å². The van der Waals surface area contributed by atoms with Gasteiger partial charge in [-0.15, -0.1) is 0 Å². The molecule has 0 bridgehead atoms. The van der Waals surface area contributed by atoms with Crippen LogP contribution in [0.25, 0.3) is 0 Å². The molecule has 0 atom stereocenters. The van der Waals surface area contributed by atoms with Gasteiger partial charge in [0.2, 0.25) is 0 Å². The summed E-state index contributed by atoms with van der Waals surface area (Å²) in [5.41, 5.74) is 0.742. The van der Waals surface area contributed by atoms with Crippen LogP contribution in [0.5, 0.6) is 0 Å². The molecule has 0 spiro atoms. The number of carbonyl (C=O) groups is 1. The zero-order valence-electron chi connectivity index (χ0n) is 7.44. The van der Waals surface area contributed by atoms with Gasteiger partial charge in [0.25, 0.3) is 0 Å². The highest BCUT2D eigenvalue weighted by Gasteiger charge is 2.07. The van der Waals surface area contributed by atoms with Crippen molar-refractivity contribution in [2.45, 2.75) is 19.0 Å². The van der Waals surface area contributed by atoms with E-state index in [0.29, 0.717) is 10.9 Å². The normalized spacial score (nSPS) is 10.0. The minimum Gasteiger partial charge on any atom is -0.477 e. The van der Waals surface area contributed by atoms with Gasteiger partial charge in [0.1, 0.15) is 0 Å². The molecule has 4 nitrogen and oxygen atoms in total. The maximum absolute atomic E-state index is 10.6. The lowest BCUT2D eigenvalue weighted by atomic mass is 10.3. The van der Waals surface area contributed by atoms with Crippen LogP contribution in [-0.2, 0) is 0 Å². The second-order valence-corrected chi connectivity index (χ2v) is 3.65. The Morgan fingerprint density at radius 1 is 1.62 bits per heavy atom. The number of aromatic nitrogens is 2. The molecule has 0 aliphatic carbocycles. The van der Waals surface area contributed by atoms with Crippen molar-refractivity contribution in [1.29, 1.82) is 0 Å². The Balaban J connectivity index is 3.03. The van der Waals surface area contributed by atoms with Gasteiger partial charge in [-0.3, -0.25) is 0 Å². The first kappa shape index (κ1) is 9.98. The van der Waals surface area contributed by atoms with Crippen LogP contribution in [0.1, 0.15) is 23.1 Å². The SMILES string of the molecule is CCSc1nc(C)cc(C(=O)O)n1. The Hall–Kier alpha value is -1.10. The Morgan fingerprint density at radius 2 is 2.31 bits per heavy atom. The van der Waals surface area contributed by atoms with E-state index in [9.17, 15) is 4.79 Å². The van der Waals surface area contributed by atoms with E-state index in [1.807, 2.05) is 6.92 Å². The van der Waals surface area contributed by atoms with Crippen LogP contribution in [-0.4, -0.2) is 26.8 Å². The van der Waals surface area contributed by atoms with Gasteiger partial charge in [0, 0.05) is 5.69 Å². The zero-order chi connectivity index (χ0) is 9.84. The van der Waals surface area contributed by atoms with E-state index in [1.165, 1.54) is 17.8 Å². The number of nitrogens with zero attached hydrogens (tertiary/aromatic N) is 2. The molecular weight excluding hydrogens is 188 g/mol. The van der Waals surface area contributed by atoms with Crippen molar-refractivity contribution in [3.8, 4) is 0 Å². The van der Waals surface area contributed by atoms with E-state index >= 15 is 0 Å². The number of aryl methyl sites for hydroxylation is 1. The molecule has 5 heteroatoms. The number of carboxylic acid groups (broad SMARTS) is 1. The van der Waals surface area contributed by atoms with Crippen molar-refractivity contribution in [2.24, 2.45) is 0 Å². The fraction of sp³-hybridized carbons (Fsp3) is 0.375. The molecule has 0 saturated carbocycles. The summed E-state index contributed by atoms with van der Waals surface area (Å²) in [5.74, 6) is -0.175. The van der Waals surface area contributed by atoms with Crippen molar-refractivity contribution in [1.82, 2.24) is 9.97 Å². The van der Waals surface area contributed by atoms with Crippen molar-refractivity contribution >= 4 is 17.7 Å². The largest absolute Gasteiger partial charge is 0.477 e. The van der Waals surface area contributed by atoms with Crippen LogP contribution in [0.2, 0.25) is 0 Å². The maximum Gasteiger partial charge on any atom is 0.354 e. The number of hydrogen-bond donors (Lipinski definition) is 1. The molecule has 0 radical (unpaired) electrons. The van der Waals surface area contributed by atoms with Gasteiger partial charge in [0.15, 0.2) is 10.9 Å². The molecule has 0 fully saturated rings. The summed E-state index contributed by atoms with van der Waals surface area (Å²) in [7, 11) is 0. The monoisotopic (exact) mass is 198 g/mol. The molecule has 1 rings (SSSR count). The molecule has 70 valence electrons. The summed E-state index contributed by atoms with van der Waals surface area (Å²) in [4.78, 5) is 18.6. The van der Waals surface area contributed by atoms with Crippen molar-refractivity contribution in [2.75, 3.05) is 5.75 Å². The fourth-order valence-electron chi connectivity index (χ4n) is 0.845. The highest BCUT2D eigenvalue weighted by molar-refractivity contribution is 7.99. The zero-order valence-corrected chi connectivity index (χ0v) is 8.26. The molecule has 0 amide bonds. The van der Waals surface area contributed by atoms with E-state index in [-0.39, 0.29) is 5.69 Å². The quantitative estimate of drug-likeness (QED) is 0.590. The molecule has 13 heavy (non-hydrogen) atoms. The van der Waals surface area contributed by atoms with E-state index in [2.05, 4.69) is 9.97 Å². The molecule has 1 aromatic heterocycles. The lowest BCUT2D eigenvalue weighted by Crippen LogP contribution is -2.03. The molecule has 0 aliphatic rings. The summed E-state index contributed by atoms with van der Waals surface area (Å²) in [5, 5.41) is 9.23. The van der Waals surface area contributed by atoms with Gasteiger partial charge in [0.05, 0.1) is 0 Å². The molecule has 0 unspecified atom stereocenters. The lowest BCUT2D eigenvalue weighted by Gasteiger charge is -2.00. The number of thioether (sulfide) groups is 1. The van der Waals surface area contributed by atoms with Gasteiger partial charge < -0.3 is 5.11 Å². The molecule has 0 aromatic carbocycles. The summed E-state index contributed by atoms with van der Waals surface area (Å²) in [6, 6.07) is 1.46. The molecule has 1 aromatic rings. The number of hydrogen-bond acceptors (Lipinski definition) is 4. The van der Waals surface area contributed by atoms with E-state index in [0.717, 1.165) is 5.75 Å². The lowest BCUT2D eigenvalue weighted by molar-refractivity contribution is 0.0689. The summed E-state index contributed by atoms with van der Waals surface area (Å²) < 4.78 is 0. The summed E-state index contributed by atoms with van der Waals surface area (Å²) in [6.07, 6.45) is 0.